The van der Waals surface area contributed by atoms with Crippen molar-refractivity contribution < 1.29 is 13.2 Å². The smallest absolute Gasteiger partial charge is 0.260 e. The molecule has 0 aliphatic carbocycles. The average Bonchev–Trinajstić information content (AvgIpc) is 3.10. The van der Waals surface area contributed by atoms with Crippen molar-refractivity contribution in [1.82, 2.24) is 19.8 Å². The van der Waals surface area contributed by atoms with E-state index in [9.17, 15) is 8.42 Å². The van der Waals surface area contributed by atoms with Gasteiger partial charge in [-0.05, 0) is 25.8 Å². The van der Waals surface area contributed by atoms with Gasteiger partial charge in [0.15, 0.2) is 5.03 Å². The minimum atomic E-state index is -3.56. The standard InChI is InChI=1S/C13H24N4O3S/c1-3-6-14-8-11-9-15-16-13(11)21(18,19)17(2)10-12-5-4-7-20-12/h9,12,14H,3-8,10H2,1-2H3,(H,15,16). The maximum absolute atomic E-state index is 12.6. The van der Waals surface area contributed by atoms with Gasteiger partial charge in [0.2, 0.25) is 0 Å². The van der Waals surface area contributed by atoms with Gasteiger partial charge in [-0.15, -0.1) is 0 Å². The second kappa shape index (κ2) is 7.35. The Morgan fingerprint density at radius 1 is 1.57 bits per heavy atom. The molecule has 1 unspecified atom stereocenters. The van der Waals surface area contributed by atoms with Crippen molar-refractivity contribution in [2.24, 2.45) is 0 Å². The van der Waals surface area contributed by atoms with Gasteiger partial charge in [0.25, 0.3) is 10.0 Å². The quantitative estimate of drug-likeness (QED) is 0.690. The Hall–Kier alpha value is -0.960. The van der Waals surface area contributed by atoms with Crippen molar-refractivity contribution in [3.8, 4) is 0 Å². The van der Waals surface area contributed by atoms with E-state index in [1.807, 2.05) is 0 Å². The number of rotatable bonds is 8. The Morgan fingerprint density at radius 2 is 2.38 bits per heavy atom. The lowest BCUT2D eigenvalue weighted by Crippen LogP contribution is -2.35. The molecule has 8 heteroatoms. The summed E-state index contributed by atoms with van der Waals surface area (Å²) in [7, 11) is -1.97. The lowest BCUT2D eigenvalue weighted by Gasteiger charge is -2.20. The van der Waals surface area contributed by atoms with Crippen LogP contribution in [0.3, 0.4) is 0 Å². The van der Waals surface area contributed by atoms with Gasteiger partial charge in [-0.3, -0.25) is 5.10 Å². The monoisotopic (exact) mass is 316 g/mol. The van der Waals surface area contributed by atoms with E-state index in [2.05, 4.69) is 22.4 Å². The summed E-state index contributed by atoms with van der Waals surface area (Å²) in [6, 6.07) is 0. The van der Waals surface area contributed by atoms with E-state index in [1.165, 1.54) is 4.31 Å². The van der Waals surface area contributed by atoms with Crippen molar-refractivity contribution in [1.29, 1.82) is 0 Å². The molecule has 1 aromatic rings. The molecule has 1 atom stereocenters. The largest absolute Gasteiger partial charge is 0.377 e. The summed E-state index contributed by atoms with van der Waals surface area (Å²) < 4.78 is 32.1. The summed E-state index contributed by atoms with van der Waals surface area (Å²) in [4.78, 5) is 0. The fourth-order valence-electron chi connectivity index (χ4n) is 2.38. The Labute approximate surface area is 126 Å². The predicted octanol–water partition coefficient (Wildman–Crippen LogP) is 0.709. The lowest BCUT2D eigenvalue weighted by atomic mass is 10.2. The number of nitrogens with zero attached hydrogens (tertiary/aromatic N) is 2. The molecule has 0 bridgehead atoms. The number of H-pyrrole nitrogens is 1. The SMILES string of the molecule is CCCNCc1cn[nH]c1S(=O)(=O)N(C)CC1CCCO1. The average molecular weight is 316 g/mol. The Bertz CT molecular complexity index is 537. The molecule has 1 aromatic heterocycles. The fraction of sp³-hybridized carbons (Fsp3) is 0.769. The molecule has 1 aliphatic heterocycles. The van der Waals surface area contributed by atoms with Gasteiger partial charge in [0.1, 0.15) is 0 Å². The Morgan fingerprint density at radius 3 is 3.05 bits per heavy atom. The van der Waals surface area contributed by atoms with Crippen LogP contribution < -0.4 is 5.32 Å². The number of aromatic amines is 1. The number of hydrogen-bond acceptors (Lipinski definition) is 5. The highest BCUT2D eigenvalue weighted by molar-refractivity contribution is 7.89. The third-order valence-corrected chi connectivity index (χ3v) is 5.41. The van der Waals surface area contributed by atoms with Crippen LogP contribution in [0.2, 0.25) is 0 Å². The van der Waals surface area contributed by atoms with Gasteiger partial charge in [-0.25, -0.2) is 8.42 Å². The molecular weight excluding hydrogens is 292 g/mol. The van der Waals surface area contributed by atoms with Crippen LogP contribution in [-0.4, -0.2) is 55.8 Å². The minimum absolute atomic E-state index is 0.00522. The molecule has 0 radical (unpaired) electrons. The molecule has 0 saturated carbocycles. The molecule has 7 nitrogen and oxygen atoms in total. The number of sulfonamides is 1. The molecule has 0 spiro atoms. The Balaban J connectivity index is 2.05. The molecule has 21 heavy (non-hydrogen) atoms. The molecule has 1 aliphatic rings. The zero-order valence-corrected chi connectivity index (χ0v) is 13.4. The summed E-state index contributed by atoms with van der Waals surface area (Å²) in [5, 5.41) is 9.86. The number of aromatic nitrogens is 2. The van der Waals surface area contributed by atoms with Crippen LogP contribution in [0.5, 0.6) is 0 Å². The maximum atomic E-state index is 12.6. The summed E-state index contributed by atoms with van der Waals surface area (Å²) in [5.41, 5.74) is 0.669. The van der Waals surface area contributed by atoms with Crippen LogP contribution in [0, 0.1) is 0 Å². The van der Waals surface area contributed by atoms with Gasteiger partial charge in [-0.2, -0.15) is 9.40 Å². The molecular formula is C13H24N4O3S. The second-order valence-electron chi connectivity index (χ2n) is 5.32. The van der Waals surface area contributed by atoms with E-state index >= 15 is 0 Å². The lowest BCUT2D eigenvalue weighted by molar-refractivity contribution is 0.0978. The van der Waals surface area contributed by atoms with Crippen molar-refractivity contribution in [3.63, 3.8) is 0 Å². The van der Waals surface area contributed by atoms with Gasteiger partial charge >= 0.3 is 0 Å². The summed E-state index contributed by atoms with van der Waals surface area (Å²) in [5.74, 6) is 0. The van der Waals surface area contributed by atoms with Gasteiger partial charge in [0, 0.05) is 32.3 Å². The Kier molecular flexibility index (Phi) is 5.74. The molecule has 0 aromatic carbocycles. The fourth-order valence-corrected chi connectivity index (χ4v) is 3.68. The first-order valence-corrected chi connectivity index (χ1v) is 8.80. The predicted molar refractivity (Wildman–Crippen MR) is 79.4 cm³/mol. The number of hydrogen-bond donors (Lipinski definition) is 2. The highest BCUT2D eigenvalue weighted by Crippen LogP contribution is 2.19. The molecule has 1 fully saturated rings. The molecule has 2 rings (SSSR count). The second-order valence-corrected chi connectivity index (χ2v) is 7.30. The summed E-state index contributed by atoms with van der Waals surface area (Å²) in [6.45, 7) is 4.50. The van der Waals surface area contributed by atoms with Crippen LogP contribution in [-0.2, 0) is 21.3 Å². The maximum Gasteiger partial charge on any atom is 0.260 e. The van der Waals surface area contributed by atoms with E-state index in [0.29, 0.717) is 18.7 Å². The van der Waals surface area contributed by atoms with Gasteiger partial charge < -0.3 is 10.1 Å². The first-order chi connectivity index (χ1) is 10.1. The highest BCUT2D eigenvalue weighted by Gasteiger charge is 2.29. The van der Waals surface area contributed by atoms with E-state index in [0.717, 1.165) is 32.4 Å². The van der Waals surface area contributed by atoms with Gasteiger partial charge in [-0.1, -0.05) is 6.92 Å². The van der Waals surface area contributed by atoms with Crippen molar-refractivity contribution in [3.05, 3.63) is 11.8 Å². The minimum Gasteiger partial charge on any atom is -0.377 e. The third-order valence-electron chi connectivity index (χ3n) is 3.57. The van der Waals surface area contributed by atoms with Crippen LogP contribution in [0.15, 0.2) is 11.2 Å². The van der Waals surface area contributed by atoms with Crippen LogP contribution in [0.25, 0.3) is 0 Å². The highest BCUT2D eigenvalue weighted by atomic mass is 32.2. The summed E-state index contributed by atoms with van der Waals surface area (Å²) >= 11 is 0. The number of ether oxygens (including phenoxy) is 1. The molecule has 2 heterocycles. The first-order valence-electron chi connectivity index (χ1n) is 7.36. The molecule has 2 N–H and O–H groups in total. The topological polar surface area (TPSA) is 87.3 Å². The van der Waals surface area contributed by atoms with Crippen LogP contribution in [0.4, 0.5) is 0 Å². The van der Waals surface area contributed by atoms with E-state index in [1.54, 1.807) is 13.2 Å². The van der Waals surface area contributed by atoms with Crippen molar-refractivity contribution >= 4 is 10.0 Å². The van der Waals surface area contributed by atoms with E-state index < -0.39 is 10.0 Å². The summed E-state index contributed by atoms with van der Waals surface area (Å²) in [6.07, 6.45) is 4.46. The molecule has 0 amide bonds. The first kappa shape index (κ1) is 16.4. The van der Waals surface area contributed by atoms with Gasteiger partial charge in [0.05, 0.1) is 12.3 Å². The zero-order chi connectivity index (χ0) is 15.3. The van der Waals surface area contributed by atoms with E-state index in [-0.39, 0.29) is 11.1 Å². The number of likely N-dealkylation sites (N-methyl/N-ethyl adjacent to an activating group) is 1. The van der Waals surface area contributed by atoms with Crippen molar-refractivity contribution in [2.75, 3.05) is 26.7 Å². The number of nitrogens with one attached hydrogen (secondary N) is 2. The van der Waals surface area contributed by atoms with E-state index in [4.69, 9.17) is 4.74 Å². The zero-order valence-electron chi connectivity index (χ0n) is 12.6. The normalized spacial score (nSPS) is 19.5. The van der Waals surface area contributed by atoms with Crippen LogP contribution in [0.1, 0.15) is 31.7 Å². The van der Waals surface area contributed by atoms with Crippen molar-refractivity contribution in [2.45, 2.75) is 43.9 Å². The third kappa shape index (κ3) is 4.03. The van der Waals surface area contributed by atoms with Crippen LogP contribution >= 0.6 is 0 Å². The molecule has 1 saturated heterocycles. The molecule has 120 valence electrons.